The molecule has 0 unspecified atom stereocenters. The van der Waals surface area contributed by atoms with Crippen LogP contribution in [0, 0.1) is 5.92 Å². The minimum absolute atomic E-state index is 0.121. The van der Waals surface area contributed by atoms with Crippen molar-refractivity contribution in [3.63, 3.8) is 0 Å². The second kappa shape index (κ2) is 6.21. The van der Waals surface area contributed by atoms with Crippen molar-refractivity contribution in [1.82, 2.24) is 4.31 Å². The molecular weight excluding hydrogens is 302 g/mol. The Balaban J connectivity index is 2.16. The molecule has 0 aliphatic carbocycles. The van der Waals surface area contributed by atoms with Crippen molar-refractivity contribution in [2.75, 3.05) is 26.8 Å². The van der Waals surface area contributed by atoms with Crippen LogP contribution in [0.25, 0.3) is 0 Å². The van der Waals surface area contributed by atoms with E-state index in [2.05, 4.69) is 0 Å². The zero-order valence-corrected chi connectivity index (χ0v) is 12.7. The number of carbonyl (C=O) groups is 1. The largest absolute Gasteiger partial charge is 0.477 e. The Bertz CT molecular complexity index is 574. The topological polar surface area (TPSA) is 83.9 Å². The molecule has 0 spiro atoms. The number of sulfonamides is 1. The van der Waals surface area contributed by atoms with E-state index in [0.29, 0.717) is 19.8 Å². The number of aromatic carboxylic acids is 1. The standard InChI is InChI=1S/C12H17NO5S2/c1-13(8-9-2-5-18-6-3-9)20(16,17)10-4-7-19-11(10)12(14)15/h4,7,9H,2-3,5-6,8H2,1H3,(H,14,15). The van der Waals surface area contributed by atoms with Crippen molar-refractivity contribution in [3.05, 3.63) is 16.3 Å². The van der Waals surface area contributed by atoms with Crippen LogP contribution < -0.4 is 0 Å². The molecule has 1 saturated heterocycles. The molecule has 2 rings (SSSR count). The Morgan fingerprint density at radius 3 is 2.75 bits per heavy atom. The zero-order valence-electron chi connectivity index (χ0n) is 11.1. The molecule has 0 radical (unpaired) electrons. The summed E-state index contributed by atoms with van der Waals surface area (Å²) in [6.07, 6.45) is 1.66. The number of hydrogen-bond acceptors (Lipinski definition) is 5. The van der Waals surface area contributed by atoms with Gasteiger partial charge in [0, 0.05) is 26.8 Å². The van der Waals surface area contributed by atoms with Gasteiger partial charge in [0.25, 0.3) is 0 Å². The molecular formula is C12H17NO5S2. The van der Waals surface area contributed by atoms with E-state index in [4.69, 9.17) is 9.84 Å². The van der Waals surface area contributed by atoms with Crippen molar-refractivity contribution in [2.24, 2.45) is 5.92 Å². The van der Waals surface area contributed by atoms with Gasteiger partial charge in [0.1, 0.15) is 9.77 Å². The quantitative estimate of drug-likeness (QED) is 0.889. The van der Waals surface area contributed by atoms with E-state index >= 15 is 0 Å². The summed E-state index contributed by atoms with van der Waals surface area (Å²) in [6.45, 7) is 1.69. The molecule has 0 atom stereocenters. The fourth-order valence-electron chi connectivity index (χ4n) is 2.22. The monoisotopic (exact) mass is 319 g/mol. The van der Waals surface area contributed by atoms with Crippen molar-refractivity contribution in [3.8, 4) is 0 Å². The molecule has 1 aliphatic rings. The number of ether oxygens (including phenoxy) is 1. The number of thiophene rings is 1. The van der Waals surface area contributed by atoms with Crippen molar-refractivity contribution < 1.29 is 23.1 Å². The molecule has 1 aliphatic heterocycles. The third-order valence-corrected chi connectivity index (χ3v) is 6.27. The Kier molecular flexibility index (Phi) is 4.79. The van der Waals surface area contributed by atoms with Gasteiger partial charge in [-0.05, 0) is 30.2 Å². The van der Waals surface area contributed by atoms with Crippen LogP contribution >= 0.6 is 11.3 Å². The van der Waals surface area contributed by atoms with Crippen molar-refractivity contribution >= 4 is 27.3 Å². The molecule has 1 N–H and O–H groups in total. The van der Waals surface area contributed by atoms with Gasteiger partial charge in [0.2, 0.25) is 10.0 Å². The van der Waals surface area contributed by atoms with Gasteiger partial charge < -0.3 is 9.84 Å². The first kappa shape index (κ1) is 15.4. The fourth-order valence-corrected chi connectivity index (χ4v) is 4.69. The summed E-state index contributed by atoms with van der Waals surface area (Å²) in [5.74, 6) is -0.950. The Hall–Kier alpha value is -0.960. The molecule has 1 fully saturated rings. The van der Waals surface area contributed by atoms with Gasteiger partial charge in [-0.3, -0.25) is 0 Å². The fraction of sp³-hybridized carbons (Fsp3) is 0.583. The third kappa shape index (κ3) is 3.20. The van der Waals surface area contributed by atoms with E-state index in [-0.39, 0.29) is 15.7 Å². The molecule has 1 aromatic rings. The highest BCUT2D eigenvalue weighted by Gasteiger charge is 2.29. The third-order valence-electron chi connectivity index (χ3n) is 3.37. The summed E-state index contributed by atoms with van der Waals surface area (Å²) < 4.78 is 31.4. The van der Waals surface area contributed by atoms with Crippen LogP contribution in [0.1, 0.15) is 22.5 Å². The smallest absolute Gasteiger partial charge is 0.347 e. The molecule has 0 saturated carbocycles. The van der Waals surface area contributed by atoms with Crippen LogP contribution in [-0.2, 0) is 14.8 Å². The minimum Gasteiger partial charge on any atom is -0.477 e. The Morgan fingerprint density at radius 1 is 1.50 bits per heavy atom. The normalized spacial score (nSPS) is 17.5. The van der Waals surface area contributed by atoms with Crippen LogP contribution in [0.2, 0.25) is 0 Å². The maximum absolute atomic E-state index is 12.4. The summed E-state index contributed by atoms with van der Waals surface area (Å²) >= 11 is 0.923. The number of rotatable bonds is 5. The first-order valence-electron chi connectivity index (χ1n) is 6.28. The lowest BCUT2D eigenvalue weighted by Gasteiger charge is -2.26. The first-order valence-corrected chi connectivity index (χ1v) is 8.59. The minimum atomic E-state index is -3.75. The molecule has 1 aromatic heterocycles. The number of nitrogens with zero attached hydrogens (tertiary/aromatic N) is 1. The van der Waals surface area contributed by atoms with Gasteiger partial charge >= 0.3 is 5.97 Å². The summed E-state index contributed by atoms with van der Waals surface area (Å²) in [6, 6.07) is 1.35. The van der Waals surface area contributed by atoms with E-state index in [9.17, 15) is 13.2 Å². The van der Waals surface area contributed by atoms with E-state index < -0.39 is 16.0 Å². The molecule has 20 heavy (non-hydrogen) atoms. The number of carboxylic acids is 1. The van der Waals surface area contributed by atoms with Crippen LogP contribution in [0.4, 0.5) is 0 Å². The van der Waals surface area contributed by atoms with Crippen LogP contribution in [0.5, 0.6) is 0 Å². The van der Waals surface area contributed by atoms with Gasteiger partial charge in [-0.25, -0.2) is 17.5 Å². The lowest BCUT2D eigenvalue weighted by molar-refractivity contribution is 0.0620. The van der Waals surface area contributed by atoms with Crippen LogP contribution in [-0.4, -0.2) is 50.6 Å². The van der Waals surface area contributed by atoms with Gasteiger partial charge in [0.15, 0.2) is 0 Å². The lowest BCUT2D eigenvalue weighted by Crippen LogP contribution is -2.34. The molecule has 0 bridgehead atoms. The van der Waals surface area contributed by atoms with E-state index in [1.54, 1.807) is 0 Å². The highest BCUT2D eigenvalue weighted by Crippen LogP contribution is 2.26. The maximum Gasteiger partial charge on any atom is 0.347 e. The molecule has 2 heterocycles. The molecule has 6 nitrogen and oxygen atoms in total. The molecule has 0 aromatic carbocycles. The van der Waals surface area contributed by atoms with E-state index in [1.165, 1.54) is 22.8 Å². The zero-order chi connectivity index (χ0) is 14.8. The van der Waals surface area contributed by atoms with Crippen molar-refractivity contribution in [2.45, 2.75) is 17.7 Å². The maximum atomic E-state index is 12.4. The van der Waals surface area contributed by atoms with Gasteiger partial charge in [-0.15, -0.1) is 11.3 Å². The summed E-state index contributed by atoms with van der Waals surface area (Å²) in [5.41, 5.74) is 0. The highest BCUT2D eigenvalue weighted by atomic mass is 32.2. The summed E-state index contributed by atoms with van der Waals surface area (Å²) in [4.78, 5) is 10.8. The number of carboxylic acid groups (broad SMARTS) is 1. The average molecular weight is 319 g/mol. The van der Waals surface area contributed by atoms with Gasteiger partial charge in [-0.1, -0.05) is 0 Å². The van der Waals surface area contributed by atoms with Crippen LogP contribution in [0.15, 0.2) is 16.3 Å². The Labute approximate surface area is 122 Å². The van der Waals surface area contributed by atoms with E-state index in [1.807, 2.05) is 0 Å². The second-order valence-electron chi connectivity index (χ2n) is 4.76. The molecule has 0 amide bonds. The summed E-state index contributed by atoms with van der Waals surface area (Å²) in [7, 11) is -2.25. The predicted molar refractivity (Wildman–Crippen MR) is 74.6 cm³/mol. The van der Waals surface area contributed by atoms with Crippen molar-refractivity contribution in [1.29, 1.82) is 0 Å². The van der Waals surface area contributed by atoms with Crippen LogP contribution in [0.3, 0.4) is 0 Å². The average Bonchev–Trinajstić information content (AvgIpc) is 2.89. The number of hydrogen-bond donors (Lipinski definition) is 1. The lowest BCUT2D eigenvalue weighted by atomic mass is 10.0. The molecule has 8 heteroatoms. The van der Waals surface area contributed by atoms with E-state index in [0.717, 1.165) is 24.2 Å². The second-order valence-corrected chi connectivity index (χ2v) is 7.69. The van der Waals surface area contributed by atoms with Gasteiger partial charge in [0.05, 0.1) is 0 Å². The highest BCUT2D eigenvalue weighted by molar-refractivity contribution is 7.89. The first-order chi connectivity index (χ1) is 9.43. The summed E-state index contributed by atoms with van der Waals surface area (Å²) in [5, 5.41) is 10.5. The molecule has 112 valence electrons. The SMILES string of the molecule is CN(CC1CCOCC1)S(=O)(=O)c1ccsc1C(=O)O. The van der Waals surface area contributed by atoms with Gasteiger partial charge in [-0.2, -0.15) is 0 Å². The predicted octanol–water partition coefficient (Wildman–Crippen LogP) is 1.49. The Morgan fingerprint density at radius 2 is 2.15 bits per heavy atom.